The van der Waals surface area contributed by atoms with E-state index in [1.165, 1.54) is 13.5 Å². The van der Waals surface area contributed by atoms with Crippen LogP contribution in [0, 0.1) is 5.41 Å². The van der Waals surface area contributed by atoms with Crippen LogP contribution in [0.4, 0.5) is 5.69 Å². The Morgan fingerprint density at radius 3 is 2.54 bits per heavy atom. The first kappa shape index (κ1) is 18.3. The van der Waals surface area contributed by atoms with Crippen LogP contribution in [-0.2, 0) is 4.79 Å². The number of methoxy groups -OCH3 is 1. The number of carbonyl (C=O) groups excluding carboxylic acids is 2. The van der Waals surface area contributed by atoms with Gasteiger partial charge in [0.2, 0.25) is 5.91 Å². The molecule has 1 aromatic rings. The highest BCUT2D eigenvalue weighted by molar-refractivity contribution is 5.98. The van der Waals surface area contributed by atoms with Crippen molar-refractivity contribution < 1.29 is 14.3 Å². The first-order valence-corrected chi connectivity index (χ1v) is 8.43. The smallest absolute Gasteiger partial charge is 0.251 e. The molecule has 0 heterocycles. The number of carbonyl (C=O) groups is 2. The van der Waals surface area contributed by atoms with E-state index in [4.69, 9.17) is 10.5 Å². The second-order valence-electron chi connectivity index (χ2n) is 6.48. The first-order valence-electron chi connectivity index (χ1n) is 8.43. The van der Waals surface area contributed by atoms with E-state index < -0.39 is 0 Å². The average molecular weight is 333 g/mol. The summed E-state index contributed by atoms with van der Waals surface area (Å²) < 4.78 is 5.28. The van der Waals surface area contributed by atoms with E-state index in [9.17, 15) is 9.59 Å². The maximum atomic E-state index is 12.5. The van der Waals surface area contributed by atoms with Gasteiger partial charge in [-0.1, -0.05) is 19.3 Å². The fourth-order valence-electron chi connectivity index (χ4n) is 3.38. The SMILES string of the molecule is CNC(=O)c1ccc(OC)c(NC(=O)CC2(CN)CCCCC2)c1. The Hall–Kier alpha value is -2.08. The van der Waals surface area contributed by atoms with Gasteiger partial charge >= 0.3 is 0 Å². The van der Waals surface area contributed by atoms with Gasteiger partial charge in [0.1, 0.15) is 5.75 Å². The van der Waals surface area contributed by atoms with Gasteiger partial charge in [0.15, 0.2) is 0 Å². The van der Waals surface area contributed by atoms with Gasteiger partial charge in [0.05, 0.1) is 12.8 Å². The van der Waals surface area contributed by atoms with Gasteiger partial charge in [-0.25, -0.2) is 0 Å². The number of hydrogen-bond acceptors (Lipinski definition) is 4. The molecular formula is C18H27N3O3. The Kier molecular flexibility index (Phi) is 6.20. The van der Waals surface area contributed by atoms with Gasteiger partial charge < -0.3 is 21.1 Å². The summed E-state index contributed by atoms with van der Waals surface area (Å²) in [5, 5.41) is 5.46. The molecule has 0 spiro atoms. The molecule has 1 aliphatic rings. The molecule has 0 unspecified atom stereocenters. The monoisotopic (exact) mass is 333 g/mol. The van der Waals surface area contributed by atoms with Crippen molar-refractivity contribution in [2.45, 2.75) is 38.5 Å². The van der Waals surface area contributed by atoms with Crippen molar-refractivity contribution in [3.8, 4) is 5.75 Å². The molecule has 0 bridgehead atoms. The standard InChI is InChI=1S/C18H27N3O3/c1-20-17(23)13-6-7-15(24-2)14(10-13)21-16(22)11-18(12-19)8-4-3-5-9-18/h6-7,10H,3-5,8-9,11-12,19H2,1-2H3,(H,20,23)(H,21,22). The second-order valence-corrected chi connectivity index (χ2v) is 6.48. The van der Waals surface area contributed by atoms with Crippen LogP contribution in [0.3, 0.4) is 0 Å². The molecule has 0 saturated heterocycles. The number of amides is 2. The van der Waals surface area contributed by atoms with Crippen molar-refractivity contribution in [2.75, 3.05) is 26.0 Å². The molecule has 0 atom stereocenters. The Labute approximate surface area is 143 Å². The Balaban J connectivity index is 2.13. The minimum atomic E-state index is -0.209. The number of anilines is 1. The van der Waals surface area contributed by atoms with Crippen molar-refractivity contribution in [3.63, 3.8) is 0 Å². The highest BCUT2D eigenvalue weighted by Gasteiger charge is 2.33. The van der Waals surface area contributed by atoms with Gasteiger partial charge in [0, 0.05) is 19.0 Å². The maximum Gasteiger partial charge on any atom is 0.251 e. The molecule has 1 aliphatic carbocycles. The summed E-state index contributed by atoms with van der Waals surface area (Å²) in [7, 11) is 3.10. The zero-order valence-corrected chi connectivity index (χ0v) is 14.5. The molecule has 1 aromatic carbocycles. The fraction of sp³-hybridized carbons (Fsp3) is 0.556. The molecule has 2 rings (SSSR count). The molecule has 0 radical (unpaired) electrons. The number of benzene rings is 1. The number of ether oxygens (including phenoxy) is 1. The molecule has 1 fully saturated rings. The van der Waals surface area contributed by atoms with Crippen molar-refractivity contribution in [3.05, 3.63) is 23.8 Å². The van der Waals surface area contributed by atoms with Crippen molar-refractivity contribution >= 4 is 17.5 Å². The summed E-state index contributed by atoms with van der Waals surface area (Å²) in [5.41, 5.74) is 6.84. The topological polar surface area (TPSA) is 93.5 Å². The molecule has 4 N–H and O–H groups in total. The third-order valence-electron chi connectivity index (χ3n) is 4.85. The van der Waals surface area contributed by atoms with Crippen molar-refractivity contribution in [1.29, 1.82) is 0 Å². The Bertz CT molecular complexity index is 595. The molecule has 2 amide bonds. The van der Waals surface area contributed by atoms with E-state index in [-0.39, 0.29) is 17.2 Å². The summed E-state index contributed by atoms with van der Waals surface area (Å²) in [5.74, 6) is 0.231. The Morgan fingerprint density at radius 2 is 1.96 bits per heavy atom. The summed E-state index contributed by atoms with van der Waals surface area (Å²) in [6.07, 6.45) is 5.85. The van der Waals surface area contributed by atoms with Crippen LogP contribution in [-0.4, -0.2) is 32.5 Å². The molecule has 6 nitrogen and oxygen atoms in total. The van der Waals surface area contributed by atoms with E-state index >= 15 is 0 Å². The van der Waals surface area contributed by atoms with Crippen LogP contribution in [0.15, 0.2) is 18.2 Å². The molecular weight excluding hydrogens is 306 g/mol. The lowest BCUT2D eigenvalue weighted by molar-refractivity contribution is -0.118. The van der Waals surface area contributed by atoms with E-state index in [1.54, 1.807) is 25.2 Å². The summed E-state index contributed by atoms with van der Waals surface area (Å²) in [6.45, 7) is 0.524. The quantitative estimate of drug-likeness (QED) is 0.744. The molecule has 24 heavy (non-hydrogen) atoms. The summed E-state index contributed by atoms with van der Waals surface area (Å²) >= 11 is 0. The summed E-state index contributed by atoms with van der Waals surface area (Å²) in [4.78, 5) is 24.3. The van der Waals surface area contributed by atoms with Crippen LogP contribution in [0.2, 0.25) is 0 Å². The molecule has 0 aliphatic heterocycles. The van der Waals surface area contributed by atoms with Crippen LogP contribution < -0.4 is 21.1 Å². The largest absolute Gasteiger partial charge is 0.495 e. The van der Waals surface area contributed by atoms with E-state index in [0.717, 1.165) is 25.7 Å². The van der Waals surface area contributed by atoms with E-state index in [1.807, 2.05) is 0 Å². The number of rotatable bonds is 6. The minimum Gasteiger partial charge on any atom is -0.495 e. The van der Waals surface area contributed by atoms with E-state index in [2.05, 4.69) is 10.6 Å². The lowest BCUT2D eigenvalue weighted by Gasteiger charge is -2.35. The third-order valence-corrected chi connectivity index (χ3v) is 4.85. The van der Waals surface area contributed by atoms with Crippen LogP contribution in [0.5, 0.6) is 5.75 Å². The third kappa shape index (κ3) is 4.26. The summed E-state index contributed by atoms with van der Waals surface area (Å²) in [6, 6.07) is 4.97. The molecule has 132 valence electrons. The zero-order valence-electron chi connectivity index (χ0n) is 14.5. The Morgan fingerprint density at radius 1 is 1.25 bits per heavy atom. The molecule has 6 heteroatoms. The van der Waals surface area contributed by atoms with Crippen LogP contribution in [0.1, 0.15) is 48.9 Å². The van der Waals surface area contributed by atoms with Gasteiger partial charge in [-0.15, -0.1) is 0 Å². The zero-order chi connectivity index (χ0) is 17.6. The van der Waals surface area contributed by atoms with Crippen molar-refractivity contribution in [2.24, 2.45) is 11.1 Å². The van der Waals surface area contributed by atoms with E-state index in [0.29, 0.717) is 30.0 Å². The maximum absolute atomic E-state index is 12.5. The predicted molar refractivity (Wildman–Crippen MR) is 94.2 cm³/mol. The lowest BCUT2D eigenvalue weighted by Crippen LogP contribution is -2.36. The number of nitrogens with one attached hydrogen (secondary N) is 2. The van der Waals surface area contributed by atoms with Gasteiger partial charge in [-0.05, 0) is 43.0 Å². The fourth-order valence-corrected chi connectivity index (χ4v) is 3.38. The van der Waals surface area contributed by atoms with Gasteiger partial charge in [0.25, 0.3) is 5.91 Å². The first-order chi connectivity index (χ1) is 11.5. The number of nitrogens with two attached hydrogens (primary N) is 1. The average Bonchev–Trinajstić information content (AvgIpc) is 2.61. The number of hydrogen-bond donors (Lipinski definition) is 3. The molecule has 0 aromatic heterocycles. The second kappa shape index (κ2) is 8.15. The van der Waals surface area contributed by atoms with Crippen LogP contribution in [0.25, 0.3) is 0 Å². The van der Waals surface area contributed by atoms with Crippen molar-refractivity contribution in [1.82, 2.24) is 5.32 Å². The normalized spacial score (nSPS) is 16.3. The highest BCUT2D eigenvalue weighted by Crippen LogP contribution is 2.39. The molecule has 1 saturated carbocycles. The van der Waals surface area contributed by atoms with Crippen LogP contribution >= 0.6 is 0 Å². The lowest BCUT2D eigenvalue weighted by atomic mass is 9.71. The van der Waals surface area contributed by atoms with Gasteiger partial charge in [-0.3, -0.25) is 9.59 Å². The van der Waals surface area contributed by atoms with Gasteiger partial charge in [-0.2, -0.15) is 0 Å². The minimum absolute atomic E-state index is 0.0882. The predicted octanol–water partition coefficient (Wildman–Crippen LogP) is 2.29. The highest BCUT2D eigenvalue weighted by atomic mass is 16.5.